The van der Waals surface area contributed by atoms with Gasteiger partial charge in [0.05, 0.1) is 5.69 Å². The standard InChI is InChI=1S/C17H21N3OS/c1-2-3-9-19-16(21)12-6-7-14-15(10-12)22-17(20-14)13-5-4-8-18-11-13/h4-5,8,11-12H,2-3,6-7,9-10H2,1H3,(H,19,21). The summed E-state index contributed by atoms with van der Waals surface area (Å²) in [6, 6.07) is 3.96. The molecular weight excluding hydrogens is 294 g/mol. The second-order valence-corrected chi connectivity index (χ2v) is 6.80. The van der Waals surface area contributed by atoms with Crippen LogP contribution in [0.2, 0.25) is 0 Å². The quantitative estimate of drug-likeness (QED) is 0.862. The van der Waals surface area contributed by atoms with Crippen molar-refractivity contribution >= 4 is 17.2 Å². The van der Waals surface area contributed by atoms with Crippen LogP contribution in [-0.2, 0) is 17.6 Å². The number of rotatable bonds is 5. The fourth-order valence-corrected chi connectivity index (χ4v) is 3.92. The van der Waals surface area contributed by atoms with E-state index in [1.165, 1.54) is 10.6 Å². The number of aryl methyl sites for hydroxylation is 1. The number of nitrogens with zero attached hydrogens (tertiary/aromatic N) is 2. The highest BCUT2D eigenvalue weighted by Crippen LogP contribution is 2.34. The van der Waals surface area contributed by atoms with Crippen LogP contribution < -0.4 is 5.32 Å². The normalized spacial score (nSPS) is 17.0. The molecule has 1 amide bonds. The van der Waals surface area contributed by atoms with E-state index >= 15 is 0 Å². The number of carbonyl (C=O) groups excluding carboxylic acids is 1. The van der Waals surface area contributed by atoms with Gasteiger partial charge in [-0.25, -0.2) is 4.98 Å². The molecule has 1 unspecified atom stereocenters. The Labute approximate surface area is 135 Å². The summed E-state index contributed by atoms with van der Waals surface area (Å²) in [5.74, 6) is 0.307. The summed E-state index contributed by atoms with van der Waals surface area (Å²) in [4.78, 5) is 22.4. The van der Waals surface area contributed by atoms with E-state index in [2.05, 4.69) is 17.2 Å². The van der Waals surface area contributed by atoms with Crippen LogP contribution in [0.15, 0.2) is 24.5 Å². The predicted octanol–water partition coefficient (Wildman–Crippen LogP) is 3.23. The Hall–Kier alpha value is -1.75. The SMILES string of the molecule is CCCCNC(=O)C1CCc2nc(-c3cccnc3)sc2C1. The van der Waals surface area contributed by atoms with Gasteiger partial charge in [0.2, 0.25) is 5.91 Å². The minimum absolute atomic E-state index is 0.103. The molecule has 5 heteroatoms. The average molecular weight is 315 g/mol. The van der Waals surface area contributed by atoms with E-state index in [4.69, 9.17) is 4.98 Å². The maximum Gasteiger partial charge on any atom is 0.223 e. The van der Waals surface area contributed by atoms with Crippen molar-refractivity contribution in [1.29, 1.82) is 0 Å². The molecular formula is C17H21N3OS. The highest BCUT2D eigenvalue weighted by Gasteiger charge is 2.27. The molecule has 0 saturated carbocycles. The largest absolute Gasteiger partial charge is 0.356 e. The van der Waals surface area contributed by atoms with Gasteiger partial charge in [-0.05, 0) is 37.8 Å². The van der Waals surface area contributed by atoms with E-state index in [0.717, 1.165) is 49.2 Å². The summed E-state index contributed by atoms with van der Waals surface area (Å²) in [5.41, 5.74) is 2.23. The molecule has 1 aliphatic rings. The van der Waals surface area contributed by atoms with E-state index in [1.807, 2.05) is 18.3 Å². The van der Waals surface area contributed by atoms with E-state index in [1.54, 1.807) is 17.5 Å². The number of nitrogens with one attached hydrogen (secondary N) is 1. The van der Waals surface area contributed by atoms with Crippen molar-refractivity contribution in [3.05, 3.63) is 35.1 Å². The zero-order valence-electron chi connectivity index (χ0n) is 12.8. The highest BCUT2D eigenvalue weighted by molar-refractivity contribution is 7.15. The monoisotopic (exact) mass is 315 g/mol. The summed E-state index contributed by atoms with van der Waals surface area (Å²) in [7, 11) is 0. The van der Waals surface area contributed by atoms with Crippen molar-refractivity contribution < 1.29 is 4.79 Å². The predicted molar refractivity (Wildman–Crippen MR) is 88.8 cm³/mol. The Balaban J connectivity index is 1.68. The van der Waals surface area contributed by atoms with Crippen LogP contribution in [0.1, 0.15) is 36.8 Å². The second-order valence-electron chi connectivity index (χ2n) is 5.71. The number of aromatic nitrogens is 2. The molecule has 3 rings (SSSR count). The van der Waals surface area contributed by atoms with Crippen LogP contribution in [0.5, 0.6) is 0 Å². The minimum Gasteiger partial charge on any atom is -0.356 e. The zero-order valence-corrected chi connectivity index (χ0v) is 13.7. The number of thiazole rings is 1. The first-order valence-corrected chi connectivity index (χ1v) is 8.76. The molecule has 2 aromatic rings. The van der Waals surface area contributed by atoms with Gasteiger partial charge < -0.3 is 5.32 Å². The number of pyridine rings is 1. The third-order valence-electron chi connectivity index (χ3n) is 4.05. The van der Waals surface area contributed by atoms with Gasteiger partial charge in [0.1, 0.15) is 5.01 Å². The molecule has 1 N–H and O–H groups in total. The van der Waals surface area contributed by atoms with Crippen molar-refractivity contribution in [3.8, 4) is 10.6 Å². The van der Waals surface area contributed by atoms with Crippen molar-refractivity contribution in [2.24, 2.45) is 5.92 Å². The second kappa shape index (κ2) is 7.01. The molecule has 0 fully saturated rings. The number of amides is 1. The Morgan fingerprint density at radius 1 is 1.50 bits per heavy atom. The fraction of sp³-hybridized carbons (Fsp3) is 0.471. The van der Waals surface area contributed by atoms with Crippen LogP contribution in [0.3, 0.4) is 0 Å². The van der Waals surface area contributed by atoms with E-state index < -0.39 is 0 Å². The first kappa shape index (κ1) is 15.2. The maximum atomic E-state index is 12.2. The number of fused-ring (bicyclic) bond motifs is 1. The first-order valence-electron chi connectivity index (χ1n) is 7.94. The molecule has 22 heavy (non-hydrogen) atoms. The summed E-state index contributed by atoms with van der Waals surface area (Å²) < 4.78 is 0. The number of unbranched alkanes of at least 4 members (excludes halogenated alkanes) is 1. The summed E-state index contributed by atoms with van der Waals surface area (Å²) in [5, 5.41) is 4.08. The van der Waals surface area contributed by atoms with Crippen LogP contribution >= 0.6 is 11.3 Å². The van der Waals surface area contributed by atoms with Crippen LogP contribution in [-0.4, -0.2) is 22.4 Å². The number of carbonyl (C=O) groups is 1. The molecule has 0 aromatic carbocycles. The zero-order chi connectivity index (χ0) is 15.4. The Morgan fingerprint density at radius 3 is 3.18 bits per heavy atom. The molecule has 0 spiro atoms. The van der Waals surface area contributed by atoms with E-state index in [0.29, 0.717) is 0 Å². The molecule has 0 aliphatic heterocycles. The third-order valence-corrected chi connectivity index (χ3v) is 5.22. The Kier molecular flexibility index (Phi) is 4.83. The smallest absolute Gasteiger partial charge is 0.223 e. The lowest BCUT2D eigenvalue weighted by molar-refractivity contribution is -0.125. The van der Waals surface area contributed by atoms with Gasteiger partial charge in [-0.1, -0.05) is 13.3 Å². The van der Waals surface area contributed by atoms with Crippen LogP contribution in [0, 0.1) is 5.92 Å². The third kappa shape index (κ3) is 3.35. The molecule has 0 radical (unpaired) electrons. The van der Waals surface area contributed by atoms with Gasteiger partial charge in [0.15, 0.2) is 0 Å². The number of hydrogen-bond acceptors (Lipinski definition) is 4. The molecule has 1 atom stereocenters. The molecule has 0 saturated heterocycles. The van der Waals surface area contributed by atoms with Gasteiger partial charge in [-0.3, -0.25) is 9.78 Å². The molecule has 0 bridgehead atoms. The minimum atomic E-state index is 0.103. The number of hydrogen-bond donors (Lipinski definition) is 1. The average Bonchev–Trinajstić information content (AvgIpc) is 2.99. The maximum absolute atomic E-state index is 12.2. The van der Waals surface area contributed by atoms with Gasteiger partial charge in [-0.2, -0.15) is 0 Å². The molecule has 2 heterocycles. The van der Waals surface area contributed by atoms with Crippen molar-refractivity contribution in [2.45, 2.75) is 39.0 Å². The lowest BCUT2D eigenvalue weighted by Crippen LogP contribution is -2.34. The van der Waals surface area contributed by atoms with Gasteiger partial charge >= 0.3 is 0 Å². The highest BCUT2D eigenvalue weighted by atomic mass is 32.1. The summed E-state index contributed by atoms with van der Waals surface area (Å²) in [6.07, 6.45) is 8.41. The Bertz CT molecular complexity index is 639. The van der Waals surface area contributed by atoms with Crippen molar-refractivity contribution in [2.75, 3.05) is 6.54 Å². The molecule has 116 valence electrons. The lowest BCUT2D eigenvalue weighted by Gasteiger charge is -2.20. The van der Waals surface area contributed by atoms with E-state index in [-0.39, 0.29) is 11.8 Å². The Morgan fingerprint density at radius 2 is 2.41 bits per heavy atom. The first-order chi connectivity index (χ1) is 10.8. The summed E-state index contributed by atoms with van der Waals surface area (Å²) >= 11 is 1.71. The molecule has 2 aromatic heterocycles. The topological polar surface area (TPSA) is 54.9 Å². The van der Waals surface area contributed by atoms with Gasteiger partial charge in [-0.15, -0.1) is 11.3 Å². The molecule has 1 aliphatic carbocycles. The van der Waals surface area contributed by atoms with Crippen LogP contribution in [0.4, 0.5) is 0 Å². The van der Waals surface area contributed by atoms with Crippen molar-refractivity contribution in [3.63, 3.8) is 0 Å². The van der Waals surface area contributed by atoms with Gasteiger partial charge in [0.25, 0.3) is 0 Å². The fourth-order valence-electron chi connectivity index (χ4n) is 2.74. The van der Waals surface area contributed by atoms with Crippen LogP contribution in [0.25, 0.3) is 10.6 Å². The lowest BCUT2D eigenvalue weighted by atomic mass is 9.90. The summed E-state index contributed by atoms with van der Waals surface area (Å²) in [6.45, 7) is 2.93. The van der Waals surface area contributed by atoms with Crippen molar-refractivity contribution in [1.82, 2.24) is 15.3 Å². The molecule has 4 nitrogen and oxygen atoms in total. The van der Waals surface area contributed by atoms with E-state index in [9.17, 15) is 4.79 Å². The van der Waals surface area contributed by atoms with Gasteiger partial charge in [0, 0.05) is 35.3 Å².